The first-order valence-corrected chi connectivity index (χ1v) is 10.9. The molecular weight excluding hydrogens is 352 g/mol. The summed E-state index contributed by atoms with van der Waals surface area (Å²) >= 11 is 0. The van der Waals surface area contributed by atoms with Crippen LogP contribution in [0, 0.1) is 11.8 Å². The van der Waals surface area contributed by atoms with Gasteiger partial charge in [0.2, 0.25) is 5.91 Å². The Morgan fingerprint density at radius 3 is 2.79 bits per heavy atom. The molecule has 7 nitrogen and oxygen atoms in total. The molecule has 0 aromatic carbocycles. The molecule has 0 bridgehead atoms. The molecule has 2 aromatic heterocycles. The van der Waals surface area contributed by atoms with Crippen molar-refractivity contribution in [2.45, 2.75) is 65.3 Å². The highest BCUT2D eigenvalue weighted by Gasteiger charge is 2.27. The number of piperidine rings is 1. The van der Waals surface area contributed by atoms with Gasteiger partial charge in [0.1, 0.15) is 12.2 Å². The number of carbonyl (C=O) groups is 1. The minimum atomic E-state index is 0.111. The molecule has 0 spiro atoms. The second-order valence-electron chi connectivity index (χ2n) is 8.59. The molecular formula is C21H32N6O. The van der Waals surface area contributed by atoms with Gasteiger partial charge in [0.05, 0.1) is 0 Å². The summed E-state index contributed by atoms with van der Waals surface area (Å²) in [7, 11) is 0. The first-order valence-electron chi connectivity index (χ1n) is 10.9. The van der Waals surface area contributed by atoms with Gasteiger partial charge in [-0.1, -0.05) is 20.3 Å². The van der Waals surface area contributed by atoms with Crippen molar-refractivity contribution in [3.05, 3.63) is 12.2 Å². The van der Waals surface area contributed by atoms with Crippen LogP contribution in [0.2, 0.25) is 0 Å². The Hall–Kier alpha value is -2.18. The lowest BCUT2D eigenvalue weighted by atomic mass is 9.95. The minimum absolute atomic E-state index is 0.111. The summed E-state index contributed by atoms with van der Waals surface area (Å²) in [5, 5.41) is 3.11. The molecule has 0 saturated carbocycles. The fourth-order valence-electron chi connectivity index (χ4n) is 4.34. The van der Waals surface area contributed by atoms with Crippen LogP contribution in [0.25, 0.3) is 11.2 Å². The highest BCUT2D eigenvalue weighted by molar-refractivity contribution is 5.84. The van der Waals surface area contributed by atoms with Gasteiger partial charge in [0.15, 0.2) is 17.0 Å². The number of aromatic nitrogens is 4. The summed E-state index contributed by atoms with van der Waals surface area (Å²) in [5.41, 5.74) is 1.90. The van der Waals surface area contributed by atoms with Crippen LogP contribution in [0.3, 0.4) is 0 Å². The normalized spacial score (nSPS) is 18.3. The van der Waals surface area contributed by atoms with E-state index in [1.807, 2.05) is 0 Å². The number of imidazole rings is 1. The molecule has 0 radical (unpaired) electrons. The van der Waals surface area contributed by atoms with Crippen molar-refractivity contribution in [1.29, 1.82) is 0 Å². The van der Waals surface area contributed by atoms with Gasteiger partial charge in [-0.3, -0.25) is 4.79 Å². The third kappa shape index (κ3) is 3.98. The Labute approximate surface area is 166 Å². The second-order valence-corrected chi connectivity index (χ2v) is 8.59. The van der Waals surface area contributed by atoms with Gasteiger partial charge in [0.25, 0.3) is 0 Å². The molecule has 28 heavy (non-hydrogen) atoms. The molecule has 7 heteroatoms. The van der Waals surface area contributed by atoms with Crippen LogP contribution >= 0.6 is 0 Å². The van der Waals surface area contributed by atoms with Crippen molar-refractivity contribution in [1.82, 2.24) is 24.8 Å². The number of nitrogens with one attached hydrogen (secondary N) is 1. The number of aryl methyl sites for hydroxylation is 2. The Balaban J connectivity index is 1.43. The van der Waals surface area contributed by atoms with Gasteiger partial charge in [-0.05, 0) is 38.0 Å². The Morgan fingerprint density at radius 1 is 1.18 bits per heavy atom. The van der Waals surface area contributed by atoms with Crippen molar-refractivity contribution < 1.29 is 4.79 Å². The Bertz CT molecular complexity index is 822. The van der Waals surface area contributed by atoms with E-state index in [9.17, 15) is 4.79 Å². The first-order chi connectivity index (χ1) is 13.6. The second kappa shape index (κ2) is 8.45. The topological polar surface area (TPSA) is 75.9 Å². The van der Waals surface area contributed by atoms with Crippen LogP contribution in [-0.2, 0) is 17.8 Å². The SMILES string of the molecule is CC(C)CCNC(=O)C1CCN(c2ncnc3c2nc2n3CCCCC2)CC1. The maximum atomic E-state index is 12.4. The van der Waals surface area contributed by atoms with Gasteiger partial charge in [-0.15, -0.1) is 0 Å². The lowest BCUT2D eigenvalue weighted by Crippen LogP contribution is -2.41. The third-order valence-corrected chi connectivity index (χ3v) is 6.06. The predicted molar refractivity (Wildman–Crippen MR) is 110 cm³/mol. The van der Waals surface area contributed by atoms with Gasteiger partial charge < -0.3 is 14.8 Å². The van der Waals surface area contributed by atoms with Gasteiger partial charge in [-0.2, -0.15) is 0 Å². The number of fused-ring (bicyclic) bond motifs is 3. The quantitative estimate of drug-likeness (QED) is 0.858. The van der Waals surface area contributed by atoms with Crippen LogP contribution in [-0.4, -0.2) is 45.1 Å². The zero-order valence-electron chi connectivity index (χ0n) is 17.2. The van der Waals surface area contributed by atoms with Gasteiger partial charge in [0, 0.05) is 38.5 Å². The summed E-state index contributed by atoms with van der Waals surface area (Å²) in [4.78, 5) is 28.7. The molecule has 1 fully saturated rings. The highest BCUT2D eigenvalue weighted by atomic mass is 16.1. The zero-order chi connectivity index (χ0) is 19.5. The average molecular weight is 385 g/mol. The number of anilines is 1. The molecule has 1 N–H and O–H groups in total. The molecule has 0 unspecified atom stereocenters. The molecule has 4 rings (SSSR count). The smallest absolute Gasteiger partial charge is 0.223 e. The molecule has 0 atom stereocenters. The van der Waals surface area contributed by atoms with E-state index >= 15 is 0 Å². The van der Waals surface area contributed by atoms with E-state index in [4.69, 9.17) is 4.98 Å². The van der Waals surface area contributed by atoms with Crippen molar-refractivity contribution in [3.63, 3.8) is 0 Å². The van der Waals surface area contributed by atoms with Crippen molar-refractivity contribution in [2.24, 2.45) is 11.8 Å². The number of nitrogens with zero attached hydrogens (tertiary/aromatic N) is 5. The lowest BCUT2D eigenvalue weighted by molar-refractivity contribution is -0.125. The lowest BCUT2D eigenvalue weighted by Gasteiger charge is -2.32. The summed E-state index contributed by atoms with van der Waals surface area (Å²) in [5.74, 6) is 3.02. The molecule has 0 aliphatic carbocycles. The van der Waals surface area contributed by atoms with E-state index in [0.717, 1.165) is 74.7 Å². The molecule has 1 amide bonds. The van der Waals surface area contributed by atoms with Crippen LogP contribution in [0.4, 0.5) is 5.82 Å². The van der Waals surface area contributed by atoms with Crippen LogP contribution in [0.5, 0.6) is 0 Å². The summed E-state index contributed by atoms with van der Waals surface area (Å²) in [6.45, 7) is 7.84. The Kier molecular flexibility index (Phi) is 5.78. The van der Waals surface area contributed by atoms with E-state index in [2.05, 4.69) is 38.6 Å². The number of amides is 1. The minimum Gasteiger partial charge on any atom is -0.356 e. The van der Waals surface area contributed by atoms with Gasteiger partial charge in [-0.25, -0.2) is 15.0 Å². The summed E-state index contributed by atoms with van der Waals surface area (Å²) < 4.78 is 2.28. The number of hydrogen-bond donors (Lipinski definition) is 1. The standard InChI is InChI=1S/C21H32N6O/c1-15(2)7-10-22-21(28)16-8-12-26(13-9-16)19-18-20(24-14-23-19)27-11-5-3-4-6-17(27)25-18/h14-16H,3-13H2,1-2H3,(H,22,28). The number of rotatable bonds is 5. The predicted octanol–water partition coefficient (Wildman–Crippen LogP) is 2.93. The van der Waals surface area contributed by atoms with E-state index in [-0.39, 0.29) is 11.8 Å². The van der Waals surface area contributed by atoms with Crippen molar-refractivity contribution in [2.75, 3.05) is 24.5 Å². The summed E-state index contributed by atoms with van der Waals surface area (Å²) in [6, 6.07) is 0. The number of carbonyl (C=O) groups excluding carboxylic acids is 1. The van der Waals surface area contributed by atoms with Crippen molar-refractivity contribution in [3.8, 4) is 0 Å². The molecule has 152 valence electrons. The monoisotopic (exact) mass is 384 g/mol. The highest BCUT2D eigenvalue weighted by Crippen LogP contribution is 2.29. The van der Waals surface area contributed by atoms with E-state index in [0.29, 0.717) is 5.92 Å². The van der Waals surface area contributed by atoms with Gasteiger partial charge >= 0.3 is 0 Å². The van der Waals surface area contributed by atoms with E-state index < -0.39 is 0 Å². The van der Waals surface area contributed by atoms with E-state index in [1.54, 1.807) is 6.33 Å². The largest absolute Gasteiger partial charge is 0.356 e. The fraction of sp³-hybridized carbons (Fsp3) is 0.714. The maximum absolute atomic E-state index is 12.4. The molecule has 1 saturated heterocycles. The van der Waals surface area contributed by atoms with Crippen LogP contribution < -0.4 is 10.2 Å². The fourth-order valence-corrected chi connectivity index (χ4v) is 4.34. The molecule has 2 aliphatic rings. The van der Waals surface area contributed by atoms with Crippen molar-refractivity contribution >= 4 is 22.9 Å². The maximum Gasteiger partial charge on any atom is 0.223 e. The zero-order valence-corrected chi connectivity index (χ0v) is 17.2. The third-order valence-electron chi connectivity index (χ3n) is 6.06. The first kappa shape index (κ1) is 19.2. The number of hydrogen-bond acceptors (Lipinski definition) is 5. The Morgan fingerprint density at radius 2 is 2.00 bits per heavy atom. The average Bonchev–Trinajstić information content (AvgIpc) is 2.89. The molecule has 2 aliphatic heterocycles. The molecule has 2 aromatic rings. The van der Waals surface area contributed by atoms with Crippen LogP contribution in [0.1, 0.15) is 58.2 Å². The van der Waals surface area contributed by atoms with E-state index in [1.165, 1.54) is 19.3 Å². The van der Waals surface area contributed by atoms with Crippen LogP contribution in [0.15, 0.2) is 6.33 Å². The summed E-state index contributed by atoms with van der Waals surface area (Å²) in [6.07, 6.45) is 9.11. The molecule has 4 heterocycles.